The Morgan fingerprint density at radius 2 is 2.04 bits per heavy atom. The van der Waals surface area contributed by atoms with Crippen LogP contribution in [-0.4, -0.2) is 68.8 Å². The van der Waals surface area contributed by atoms with Crippen LogP contribution >= 0.6 is 0 Å². The van der Waals surface area contributed by atoms with Gasteiger partial charge in [-0.2, -0.15) is 13.2 Å². The number of ether oxygens (including phenoxy) is 1. The van der Waals surface area contributed by atoms with E-state index in [0.717, 1.165) is 11.3 Å². The second-order valence-corrected chi connectivity index (χ2v) is 6.23. The number of likely N-dealkylation sites (tertiary alicyclic amines) is 1. The maximum absolute atomic E-state index is 12.5. The highest BCUT2D eigenvalue weighted by atomic mass is 19.4. The third kappa shape index (κ3) is 6.12. The molecule has 0 saturated carbocycles. The number of nitrogens with zero attached hydrogens (tertiary/aromatic N) is 3. The maximum Gasteiger partial charge on any atom is 0.401 e. The van der Waals surface area contributed by atoms with Gasteiger partial charge in [-0.1, -0.05) is 12.1 Å². The third-order valence-electron chi connectivity index (χ3n) is 4.16. The van der Waals surface area contributed by atoms with Gasteiger partial charge in [-0.3, -0.25) is 9.89 Å². The summed E-state index contributed by atoms with van der Waals surface area (Å²) < 4.78 is 42.6. The van der Waals surface area contributed by atoms with Crippen LogP contribution in [0, 0.1) is 0 Å². The molecule has 1 fully saturated rings. The largest absolute Gasteiger partial charge is 0.497 e. The topological polar surface area (TPSA) is 40.1 Å². The van der Waals surface area contributed by atoms with Crippen molar-refractivity contribution in [2.75, 3.05) is 40.8 Å². The van der Waals surface area contributed by atoms with E-state index >= 15 is 0 Å². The van der Waals surface area contributed by atoms with Crippen molar-refractivity contribution in [2.45, 2.75) is 25.2 Å². The fraction of sp³-hybridized carbons (Fsp3) is 0.588. The molecule has 0 bridgehead atoms. The maximum atomic E-state index is 12.5. The summed E-state index contributed by atoms with van der Waals surface area (Å²) >= 11 is 0. The molecule has 1 heterocycles. The van der Waals surface area contributed by atoms with E-state index < -0.39 is 12.7 Å². The predicted octanol–water partition coefficient (Wildman–Crippen LogP) is 2.34. The Balaban J connectivity index is 1.87. The van der Waals surface area contributed by atoms with Crippen LogP contribution in [0.4, 0.5) is 13.2 Å². The van der Waals surface area contributed by atoms with Gasteiger partial charge in [0.15, 0.2) is 5.96 Å². The molecule has 1 unspecified atom stereocenters. The summed E-state index contributed by atoms with van der Waals surface area (Å²) in [5.74, 6) is 1.47. The summed E-state index contributed by atoms with van der Waals surface area (Å²) in [6, 6.07) is 7.71. The minimum absolute atomic E-state index is 0.0284. The Morgan fingerprint density at radius 3 is 2.60 bits per heavy atom. The van der Waals surface area contributed by atoms with Crippen LogP contribution < -0.4 is 10.1 Å². The smallest absolute Gasteiger partial charge is 0.401 e. The molecule has 25 heavy (non-hydrogen) atoms. The van der Waals surface area contributed by atoms with Gasteiger partial charge in [-0.25, -0.2) is 0 Å². The lowest BCUT2D eigenvalue weighted by Gasteiger charge is -2.25. The Hall–Kier alpha value is -1.96. The summed E-state index contributed by atoms with van der Waals surface area (Å²) in [7, 11) is 5.20. The monoisotopic (exact) mass is 358 g/mol. The van der Waals surface area contributed by atoms with Crippen molar-refractivity contribution in [1.29, 1.82) is 0 Å². The van der Waals surface area contributed by atoms with Crippen molar-refractivity contribution >= 4 is 5.96 Å². The van der Waals surface area contributed by atoms with Gasteiger partial charge < -0.3 is 15.0 Å². The first-order valence-corrected chi connectivity index (χ1v) is 8.17. The van der Waals surface area contributed by atoms with Crippen molar-refractivity contribution in [2.24, 2.45) is 4.99 Å². The number of benzene rings is 1. The zero-order valence-corrected chi connectivity index (χ0v) is 14.8. The van der Waals surface area contributed by atoms with Gasteiger partial charge in [0.1, 0.15) is 5.75 Å². The Labute approximate surface area is 146 Å². The van der Waals surface area contributed by atoms with E-state index in [1.54, 1.807) is 14.2 Å². The van der Waals surface area contributed by atoms with Crippen LogP contribution in [0.15, 0.2) is 29.3 Å². The predicted molar refractivity (Wildman–Crippen MR) is 91.9 cm³/mol. The second-order valence-electron chi connectivity index (χ2n) is 6.23. The van der Waals surface area contributed by atoms with Crippen LogP contribution in [0.3, 0.4) is 0 Å². The lowest BCUT2D eigenvalue weighted by atomic mass is 10.2. The molecule has 140 valence electrons. The SMILES string of the molecule is CN=C(NC1CCN(CC(F)(F)F)C1)N(C)Cc1ccc(OC)cc1. The van der Waals surface area contributed by atoms with E-state index in [4.69, 9.17) is 4.74 Å². The average Bonchev–Trinajstić information content (AvgIpc) is 2.98. The number of rotatable bonds is 5. The van der Waals surface area contributed by atoms with Gasteiger partial charge in [0.2, 0.25) is 0 Å². The molecule has 2 rings (SSSR count). The van der Waals surface area contributed by atoms with Crippen LogP contribution in [0.25, 0.3) is 0 Å². The zero-order valence-electron chi connectivity index (χ0n) is 14.8. The number of nitrogens with one attached hydrogen (secondary N) is 1. The van der Waals surface area contributed by atoms with E-state index in [-0.39, 0.29) is 6.04 Å². The number of methoxy groups -OCH3 is 1. The number of aliphatic imine (C=N–C) groups is 1. The van der Waals surface area contributed by atoms with Crippen LogP contribution in [0.2, 0.25) is 0 Å². The molecule has 1 aromatic carbocycles. The highest BCUT2D eigenvalue weighted by molar-refractivity contribution is 5.80. The first-order valence-electron chi connectivity index (χ1n) is 8.17. The number of hydrogen-bond acceptors (Lipinski definition) is 3. The normalized spacial score (nSPS) is 19.1. The second kappa shape index (κ2) is 8.42. The van der Waals surface area contributed by atoms with E-state index in [1.165, 1.54) is 4.90 Å². The molecular weight excluding hydrogens is 333 g/mol. The van der Waals surface area contributed by atoms with E-state index in [2.05, 4.69) is 10.3 Å². The fourth-order valence-corrected chi connectivity index (χ4v) is 2.96. The lowest BCUT2D eigenvalue weighted by molar-refractivity contribution is -0.143. The van der Waals surface area contributed by atoms with Crippen molar-refractivity contribution in [1.82, 2.24) is 15.1 Å². The average molecular weight is 358 g/mol. The quantitative estimate of drug-likeness (QED) is 0.648. The molecule has 8 heteroatoms. The van der Waals surface area contributed by atoms with Crippen LogP contribution in [0.5, 0.6) is 5.75 Å². The van der Waals surface area contributed by atoms with Crippen LogP contribution in [0.1, 0.15) is 12.0 Å². The number of alkyl halides is 3. The van der Waals surface area contributed by atoms with E-state index in [0.29, 0.717) is 32.0 Å². The fourth-order valence-electron chi connectivity index (χ4n) is 2.96. The molecular formula is C17H25F3N4O. The Bertz CT molecular complexity index is 574. The summed E-state index contributed by atoms with van der Waals surface area (Å²) in [6.45, 7) is 0.597. The van der Waals surface area contributed by atoms with Crippen molar-refractivity contribution in [3.8, 4) is 5.75 Å². The molecule has 1 aliphatic heterocycles. The molecule has 1 aromatic rings. The summed E-state index contributed by atoms with van der Waals surface area (Å²) in [6.07, 6.45) is -3.48. The lowest BCUT2D eigenvalue weighted by Crippen LogP contribution is -2.45. The molecule has 1 N–H and O–H groups in total. The van der Waals surface area contributed by atoms with Crippen molar-refractivity contribution in [3.05, 3.63) is 29.8 Å². The molecule has 0 spiro atoms. The summed E-state index contributed by atoms with van der Waals surface area (Å²) in [5, 5.41) is 3.27. The summed E-state index contributed by atoms with van der Waals surface area (Å²) in [5.41, 5.74) is 1.09. The molecule has 0 radical (unpaired) electrons. The third-order valence-corrected chi connectivity index (χ3v) is 4.16. The van der Waals surface area contributed by atoms with Crippen molar-refractivity contribution < 1.29 is 17.9 Å². The van der Waals surface area contributed by atoms with Gasteiger partial charge in [0, 0.05) is 39.8 Å². The number of hydrogen-bond donors (Lipinski definition) is 1. The first kappa shape index (κ1) is 19.4. The first-order chi connectivity index (χ1) is 11.8. The molecule has 5 nitrogen and oxygen atoms in total. The highest BCUT2D eigenvalue weighted by Gasteiger charge is 2.34. The molecule has 0 aliphatic carbocycles. The Morgan fingerprint density at radius 1 is 1.36 bits per heavy atom. The van der Waals surface area contributed by atoms with Gasteiger partial charge in [-0.05, 0) is 24.1 Å². The van der Waals surface area contributed by atoms with Gasteiger partial charge in [-0.15, -0.1) is 0 Å². The molecule has 1 saturated heterocycles. The number of halogens is 3. The van der Waals surface area contributed by atoms with Gasteiger partial charge >= 0.3 is 6.18 Å². The van der Waals surface area contributed by atoms with E-state index in [1.807, 2.05) is 36.2 Å². The van der Waals surface area contributed by atoms with Crippen molar-refractivity contribution in [3.63, 3.8) is 0 Å². The molecule has 1 aliphatic rings. The number of guanidine groups is 1. The van der Waals surface area contributed by atoms with E-state index in [9.17, 15) is 13.2 Å². The van der Waals surface area contributed by atoms with Gasteiger partial charge in [0.25, 0.3) is 0 Å². The molecule has 1 atom stereocenters. The zero-order chi connectivity index (χ0) is 18.4. The molecule has 0 aromatic heterocycles. The van der Waals surface area contributed by atoms with Crippen LogP contribution in [-0.2, 0) is 6.54 Å². The minimum Gasteiger partial charge on any atom is -0.497 e. The van der Waals surface area contributed by atoms with Gasteiger partial charge in [0.05, 0.1) is 13.7 Å². The Kier molecular flexibility index (Phi) is 6.52. The molecule has 0 amide bonds. The summed E-state index contributed by atoms with van der Waals surface area (Å²) in [4.78, 5) is 7.62. The highest BCUT2D eigenvalue weighted by Crippen LogP contribution is 2.20. The standard InChI is InChI=1S/C17H25F3N4O/c1-21-16(22-14-8-9-24(11-14)12-17(18,19)20)23(2)10-13-4-6-15(25-3)7-5-13/h4-7,14H,8-12H2,1-3H3,(H,21,22). The minimum atomic E-state index is -4.15.